The lowest BCUT2D eigenvalue weighted by atomic mass is 10.1. The van der Waals surface area contributed by atoms with Gasteiger partial charge in [0.1, 0.15) is 0 Å². The van der Waals surface area contributed by atoms with Crippen LogP contribution in [-0.4, -0.2) is 57.8 Å². The van der Waals surface area contributed by atoms with Gasteiger partial charge in [-0.25, -0.2) is 4.79 Å². The van der Waals surface area contributed by atoms with Crippen molar-refractivity contribution in [1.82, 2.24) is 24.9 Å². The second-order valence-corrected chi connectivity index (χ2v) is 6.96. The van der Waals surface area contributed by atoms with Crippen molar-refractivity contribution in [3.05, 3.63) is 18.0 Å². The predicted molar refractivity (Wildman–Crippen MR) is 90.2 cm³/mol. The van der Waals surface area contributed by atoms with Crippen LogP contribution >= 0.6 is 0 Å². The third kappa shape index (κ3) is 4.05. The molecule has 2 amide bonds. The first kappa shape index (κ1) is 16.3. The molecule has 1 aromatic rings. The number of aromatic nitrogens is 2. The average molecular weight is 319 g/mol. The third-order valence-corrected chi connectivity index (χ3v) is 5.16. The molecule has 0 spiro atoms. The number of likely N-dealkylation sites (tertiary alicyclic amines) is 2. The second-order valence-electron chi connectivity index (χ2n) is 6.96. The van der Waals surface area contributed by atoms with Crippen molar-refractivity contribution in [3.63, 3.8) is 0 Å². The highest BCUT2D eigenvalue weighted by molar-refractivity contribution is 5.74. The maximum absolute atomic E-state index is 12.7. The van der Waals surface area contributed by atoms with Gasteiger partial charge in [-0.15, -0.1) is 0 Å². The van der Waals surface area contributed by atoms with Gasteiger partial charge in [0.15, 0.2) is 0 Å². The minimum atomic E-state index is -0.00955. The van der Waals surface area contributed by atoms with Crippen LogP contribution in [0, 0.1) is 0 Å². The fourth-order valence-corrected chi connectivity index (χ4v) is 3.73. The molecule has 2 fully saturated rings. The number of hydrogen-bond donors (Lipinski definition) is 1. The fourth-order valence-electron chi connectivity index (χ4n) is 3.73. The molecule has 6 heteroatoms. The summed E-state index contributed by atoms with van der Waals surface area (Å²) < 4.78 is 1.77. The number of carbonyl (C=O) groups is 1. The van der Waals surface area contributed by atoms with Crippen LogP contribution < -0.4 is 5.32 Å². The lowest BCUT2D eigenvalue weighted by Gasteiger charge is -2.31. The third-order valence-electron chi connectivity index (χ3n) is 5.16. The van der Waals surface area contributed by atoms with Gasteiger partial charge in [-0.3, -0.25) is 9.58 Å². The summed E-state index contributed by atoms with van der Waals surface area (Å²) in [4.78, 5) is 17.3. The first-order valence-corrected chi connectivity index (χ1v) is 8.91. The van der Waals surface area contributed by atoms with Gasteiger partial charge in [0, 0.05) is 37.9 Å². The van der Waals surface area contributed by atoms with Gasteiger partial charge in [0.05, 0.1) is 12.2 Å². The minimum absolute atomic E-state index is 0.00955. The molecule has 1 aromatic heterocycles. The summed E-state index contributed by atoms with van der Waals surface area (Å²) >= 11 is 0. The number of urea groups is 1. The summed E-state index contributed by atoms with van der Waals surface area (Å²) in [6, 6.07) is 0.594. The maximum atomic E-state index is 12.7. The lowest BCUT2D eigenvalue weighted by molar-refractivity contribution is 0.164. The van der Waals surface area contributed by atoms with Crippen molar-refractivity contribution in [3.8, 4) is 0 Å². The van der Waals surface area contributed by atoms with E-state index in [1.165, 1.54) is 38.8 Å². The van der Waals surface area contributed by atoms with E-state index in [9.17, 15) is 4.79 Å². The molecule has 23 heavy (non-hydrogen) atoms. The number of hydrogen-bond acceptors (Lipinski definition) is 3. The molecule has 2 atom stereocenters. The molecule has 2 aliphatic rings. The van der Waals surface area contributed by atoms with Crippen molar-refractivity contribution in [1.29, 1.82) is 0 Å². The molecular formula is C17H29N5O. The van der Waals surface area contributed by atoms with Crippen molar-refractivity contribution in [2.24, 2.45) is 7.05 Å². The molecule has 1 N–H and O–H groups in total. The highest BCUT2D eigenvalue weighted by Crippen LogP contribution is 2.21. The van der Waals surface area contributed by atoms with Crippen LogP contribution in [0.2, 0.25) is 0 Å². The minimum Gasteiger partial charge on any atom is -0.331 e. The number of nitrogens with one attached hydrogen (secondary N) is 1. The van der Waals surface area contributed by atoms with Crippen LogP contribution in [0.3, 0.4) is 0 Å². The van der Waals surface area contributed by atoms with Crippen molar-refractivity contribution in [2.75, 3.05) is 26.2 Å². The molecule has 3 rings (SSSR count). The smallest absolute Gasteiger partial charge is 0.317 e. The zero-order valence-electron chi connectivity index (χ0n) is 14.4. The Labute approximate surface area is 138 Å². The molecule has 0 unspecified atom stereocenters. The van der Waals surface area contributed by atoms with E-state index in [0.717, 1.165) is 25.1 Å². The Morgan fingerprint density at radius 2 is 2.00 bits per heavy atom. The zero-order valence-corrected chi connectivity index (χ0v) is 14.4. The number of nitrogens with zero attached hydrogens (tertiary/aromatic N) is 4. The summed E-state index contributed by atoms with van der Waals surface area (Å²) in [5, 5.41) is 7.32. The highest BCUT2D eigenvalue weighted by Gasteiger charge is 2.28. The molecule has 6 nitrogen and oxygen atoms in total. The van der Waals surface area contributed by atoms with E-state index in [4.69, 9.17) is 0 Å². The number of aryl methyl sites for hydroxylation is 1. The van der Waals surface area contributed by atoms with Crippen LogP contribution in [0.4, 0.5) is 4.79 Å². The molecule has 0 saturated carbocycles. The van der Waals surface area contributed by atoms with E-state index < -0.39 is 0 Å². The lowest BCUT2D eigenvalue weighted by Crippen LogP contribution is -2.47. The molecule has 0 radical (unpaired) electrons. The normalized spacial score (nSPS) is 24.4. The summed E-state index contributed by atoms with van der Waals surface area (Å²) in [5.41, 5.74) is 1.05. The van der Waals surface area contributed by atoms with Crippen molar-refractivity contribution in [2.45, 2.75) is 51.1 Å². The topological polar surface area (TPSA) is 53.4 Å². The Morgan fingerprint density at radius 3 is 2.70 bits per heavy atom. The SMILES string of the molecule is C[C@@H](NC(=O)N1CCCC[C@@H](N2CCCC2)C1)c1cnn(C)c1. The summed E-state index contributed by atoms with van der Waals surface area (Å²) in [6.07, 6.45) is 9.95. The van der Waals surface area contributed by atoms with E-state index in [-0.39, 0.29) is 12.1 Å². The maximum Gasteiger partial charge on any atom is 0.317 e. The van der Waals surface area contributed by atoms with Gasteiger partial charge in [-0.2, -0.15) is 5.10 Å². The quantitative estimate of drug-likeness (QED) is 0.929. The van der Waals surface area contributed by atoms with E-state index in [1.54, 1.807) is 4.68 Å². The standard InChI is InChI=1S/C17H29N5O/c1-14(15-11-18-20(2)12-15)19-17(23)22-10-4-3-7-16(13-22)21-8-5-6-9-21/h11-12,14,16H,3-10,13H2,1-2H3,(H,19,23)/t14-,16-/m1/s1. The van der Waals surface area contributed by atoms with E-state index in [2.05, 4.69) is 15.3 Å². The molecule has 128 valence electrons. The molecular weight excluding hydrogens is 290 g/mol. The first-order valence-electron chi connectivity index (χ1n) is 8.91. The second kappa shape index (κ2) is 7.34. The van der Waals surface area contributed by atoms with Gasteiger partial charge in [-0.05, 0) is 45.7 Å². The van der Waals surface area contributed by atoms with Crippen molar-refractivity contribution >= 4 is 6.03 Å². The predicted octanol–water partition coefficient (Wildman–Crippen LogP) is 2.14. The Morgan fingerprint density at radius 1 is 1.26 bits per heavy atom. The fraction of sp³-hybridized carbons (Fsp3) is 0.765. The van der Waals surface area contributed by atoms with Gasteiger partial charge in [-0.1, -0.05) is 6.42 Å². The molecule has 0 aliphatic carbocycles. The molecule has 2 aliphatic heterocycles. The van der Waals surface area contributed by atoms with Crippen LogP contribution in [0.5, 0.6) is 0 Å². The number of carbonyl (C=O) groups excluding carboxylic acids is 1. The van der Waals surface area contributed by atoms with Crippen molar-refractivity contribution < 1.29 is 4.79 Å². The Balaban J connectivity index is 1.58. The van der Waals surface area contributed by atoms with E-state index in [1.807, 2.05) is 31.3 Å². The van der Waals surface area contributed by atoms with E-state index >= 15 is 0 Å². The van der Waals surface area contributed by atoms with E-state index in [0.29, 0.717) is 6.04 Å². The first-order chi connectivity index (χ1) is 11.1. The van der Waals surface area contributed by atoms with Gasteiger partial charge >= 0.3 is 6.03 Å². The largest absolute Gasteiger partial charge is 0.331 e. The molecule has 0 bridgehead atoms. The average Bonchev–Trinajstić information content (AvgIpc) is 3.14. The molecule has 0 aromatic carbocycles. The summed E-state index contributed by atoms with van der Waals surface area (Å²) in [7, 11) is 1.90. The monoisotopic (exact) mass is 319 g/mol. The van der Waals surface area contributed by atoms with Crippen LogP contribution in [0.25, 0.3) is 0 Å². The molecule has 3 heterocycles. The van der Waals surface area contributed by atoms with Crippen LogP contribution in [0.15, 0.2) is 12.4 Å². The van der Waals surface area contributed by atoms with Gasteiger partial charge in [0.25, 0.3) is 0 Å². The Hall–Kier alpha value is -1.56. The van der Waals surface area contributed by atoms with Crippen LogP contribution in [0.1, 0.15) is 50.6 Å². The zero-order chi connectivity index (χ0) is 16.2. The van der Waals surface area contributed by atoms with Crippen LogP contribution in [-0.2, 0) is 7.05 Å². The molecule has 2 saturated heterocycles. The Kier molecular flexibility index (Phi) is 5.20. The number of amides is 2. The van der Waals surface area contributed by atoms with Gasteiger partial charge < -0.3 is 10.2 Å². The summed E-state index contributed by atoms with van der Waals surface area (Å²) in [6.45, 7) is 6.16. The van der Waals surface area contributed by atoms with Gasteiger partial charge in [0.2, 0.25) is 0 Å². The summed E-state index contributed by atoms with van der Waals surface area (Å²) in [5.74, 6) is 0. The Bertz CT molecular complexity index is 523. The number of rotatable bonds is 3. The highest BCUT2D eigenvalue weighted by atomic mass is 16.2.